The monoisotopic (exact) mass is 387 g/mol. The fourth-order valence-electron chi connectivity index (χ4n) is 3.78. The van der Waals surface area contributed by atoms with E-state index in [0.29, 0.717) is 5.57 Å². The molecule has 0 radical (unpaired) electrons. The van der Waals surface area contributed by atoms with Crippen molar-refractivity contribution >= 4 is 27.7 Å². The van der Waals surface area contributed by atoms with Crippen molar-refractivity contribution in [1.82, 2.24) is 5.32 Å². The number of halogens is 1. The Labute approximate surface area is 149 Å². The number of esters is 1. The standard InChI is InChI=1S/C19H18BrNO3/c1-19(2)8-7-12-15(17(19)22)14(10-5-3-4-6-11(10)20)16-13(21-12)9-24-18(16)23/h3-6,14,21H,7-9H2,1-2H3. The van der Waals surface area contributed by atoms with Crippen molar-refractivity contribution in [1.29, 1.82) is 0 Å². The van der Waals surface area contributed by atoms with Gasteiger partial charge in [-0.15, -0.1) is 0 Å². The predicted molar refractivity (Wildman–Crippen MR) is 93.1 cm³/mol. The molecule has 1 aliphatic carbocycles. The van der Waals surface area contributed by atoms with Gasteiger partial charge in [-0.25, -0.2) is 4.79 Å². The summed E-state index contributed by atoms with van der Waals surface area (Å²) >= 11 is 3.58. The minimum Gasteiger partial charge on any atom is -0.456 e. The maximum atomic E-state index is 13.2. The summed E-state index contributed by atoms with van der Waals surface area (Å²) in [6, 6.07) is 7.77. The second kappa shape index (κ2) is 5.31. The Kier molecular flexibility index (Phi) is 3.46. The van der Waals surface area contributed by atoms with Gasteiger partial charge in [0.05, 0.1) is 11.3 Å². The van der Waals surface area contributed by atoms with Crippen LogP contribution in [0.4, 0.5) is 0 Å². The number of Topliss-reactive ketones (excluding diaryl/α,β-unsaturated/α-hetero) is 1. The summed E-state index contributed by atoms with van der Waals surface area (Å²) in [5.74, 6) is -0.585. The highest BCUT2D eigenvalue weighted by atomic mass is 79.9. The van der Waals surface area contributed by atoms with E-state index >= 15 is 0 Å². The third-order valence-corrected chi connectivity index (χ3v) is 5.89. The quantitative estimate of drug-likeness (QED) is 0.748. The Bertz CT molecular complexity index is 835. The van der Waals surface area contributed by atoms with Crippen LogP contribution < -0.4 is 5.32 Å². The summed E-state index contributed by atoms with van der Waals surface area (Å²) < 4.78 is 6.15. The molecule has 2 heterocycles. The Balaban J connectivity index is 1.95. The van der Waals surface area contributed by atoms with Gasteiger partial charge in [-0.05, 0) is 24.5 Å². The third kappa shape index (κ3) is 2.18. The molecule has 0 fully saturated rings. The SMILES string of the molecule is CC1(C)CCC2=C(C1=O)C(c1ccccc1Br)C1=C(COC1=O)N2. The second-order valence-corrected chi connectivity index (χ2v) is 8.01. The highest BCUT2D eigenvalue weighted by molar-refractivity contribution is 9.10. The molecule has 0 spiro atoms. The van der Waals surface area contributed by atoms with E-state index < -0.39 is 5.41 Å². The van der Waals surface area contributed by atoms with Crippen LogP contribution in [0.1, 0.15) is 38.2 Å². The number of carbonyl (C=O) groups is 2. The normalized spacial score (nSPS) is 25.2. The average molecular weight is 388 g/mol. The number of dihydropyridines is 1. The highest BCUT2D eigenvalue weighted by Gasteiger charge is 2.47. The lowest BCUT2D eigenvalue weighted by Crippen LogP contribution is -2.39. The van der Waals surface area contributed by atoms with Crippen LogP contribution in [0.3, 0.4) is 0 Å². The first-order valence-electron chi connectivity index (χ1n) is 8.09. The fourth-order valence-corrected chi connectivity index (χ4v) is 4.29. The minimum atomic E-state index is -0.416. The Morgan fingerprint density at radius 2 is 1.92 bits per heavy atom. The minimum absolute atomic E-state index is 0.114. The van der Waals surface area contributed by atoms with Crippen molar-refractivity contribution in [3.05, 3.63) is 56.8 Å². The largest absolute Gasteiger partial charge is 0.456 e. The number of benzene rings is 1. The molecular weight excluding hydrogens is 370 g/mol. The molecule has 1 unspecified atom stereocenters. The number of cyclic esters (lactones) is 1. The summed E-state index contributed by atoms with van der Waals surface area (Å²) in [5, 5.41) is 3.31. The fraction of sp³-hybridized carbons (Fsp3) is 0.368. The van der Waals surface area contributed by atoms with Gasteiger partial charge in [-0.2, -0.15) is 0 Å². The van der Waals surface area contributed by atoms with Crippen molar-refractivity contribution in [3.63, 3.8) is 0 Å². The molecule has 1 aromatic rings. The van der Waals surface area contributed by atoms with E-state index in [4.69, 9.17) is 4.74 Å². The van der Waals surface area contributed by atoms with Gasteiger partial charge in [0.1, 0.15) is 6.61 Å². The smallest absolute Gasteiger partial charge is 0.337 e. The number of hydrogen-bond acceptors (Lipinski definition) is 4. The third-order valence-electron chi connectivity index (χ3n) is 5.17. The summed E-state index contributed by atoms with van der Waals surface area (Å²) in [5.41, 5.74) is 3.55. The van der Waals surface area contributed by atoms with Crippen LogP contribution >= 0.6 is 15.9 Å². The second-order valence-electron chi connectivity index (χ2n) is 7.15. The van der Waals surface area contributed by atoms with Gasteiger partial charge in [0.15, 0.2) is 5.78 Å². The molecule has 5 heteroatoms. The van der Waals surface area contributed by atoms with Crippen LogP contribution in [0, 0.1) is 5.41 Å². The van der Waals surface area contributed by atoms with E-state index in [0.717, 1.165) is 39.8 Å². The molecule has 0 saturated carbocycles. The number of carbonyl (C=O) groups excluding carboxylic acids is 2. The van der Waals surface area contributed by atoms with Crippen LogP contribution in [-0.2, 0) is 14.3 Å². The van der Waals surface area contributed by atoms with Crippen molar-refractivity contribution < 1.29 is 14.3 Å². The summed E-state index contributed by atoms with van der Waals surface area (Å²) in [6.07, 6.45) is 1.61. The van der Waals surface area contributed by atoms with E-state index in [1.54, 1.807) is 0 Å². The summed E-state index contributed by atoms with van der Waals surface area (Å²) in [6.45, 7) is 4.21. The lowest BCUT2D eigenvalue weighted by molar-refractivity contribution is -0.136. The van der Waals surface area contributed by atoms with Crippen LogP contribution in [0.2, 0.25) is 0 Å². The van der Waals surface area contributed by atoms with Crippen molar-refractivity contribution in [2.45, 2.75) is 32.6 Å². The zero-order valence-corrected chi connectivity index (χ0v) is 15.2. The molecule has 0 aromatic heterocycles. The molecule has 1 N–H and O–H groups in total. The van der Waals surface area contributed by atoms with E-state index in [9.17, 15) is 9.59 Å². The highest BCUT2D eigenvalue weighted by Crippen LogP contribution is 2.49. The van der Waals surface area contributed by atoms with E-state index in [1.165, 1.54) is 0 Å². The average Bonchev–Trinajstić information content (AvgIpc) is 2.91. The molecule has 0 amide bonds. The molecule has 0 bridgehead atoms. The maximum Gasteiger partial charge on any atom is 0.337 e. The van der Waals surface area contributed by atoms with Crippen LogP contribution in [0.25, 0.3) is 0 Å². The van der Waals surface area contributed by atoms with E-state index in [1.807, 2.05) is 38.1 Å². The molecule has 124 valence electrons. The van der Waals surface area contributed by atoms with Gasteiger partial charge in [0.25, 0.3) is 0 Å². The zero-order valence-electron chi connectivity index (χ0n) is 13.6. The number of hydrogen-bond donors (Lipinski definition) is 1. The molecule has 3 aliphatic rings. The first-order chi connectivity index (χ1) is 11.4. The lowest BCUT2D eigenvalue weighted by Gasteiger charge is -2.38. The van der Waals surface area contributed by atoms with Gasteiger partial charge in [-0.3, -0.25) is 4.79 Å². The van der Waals surface area contributed by atoms with Crippen molar-refractivity contribution in [2.75, 3.05) is 6.61 Å². The molecule has 4 rings (SSSR count). The van der Waals surface area contributed by atoms with Gasteiger partial charge in [0, 0.05) is 27.1 Å². The van der Waals surface area contributed by atoms with Crippen LogP contribution in [0.5, 0.6) is 0 Å². The number of rotatable bonds is 1. The Morgan fingerprint density at radius 1 is 1.17 bits per heavy atom. The summed E-state index contributed by atoms with van der Waals surface area (Å²) in [4.78, 5) is 25.6. The zero-order chi connectivity index (χ0) is 17.1. The Morgan fingerprint density at radius 3 is 2.67 bits per heavy atom. The van der Waals surface area contributed by atoms with Gasteiger partial charge < -0.3 is 10.1 Å². The van der Waals surface area contributed by atoms with Crippen LogP contribution in [-0.4, -0.2) is 18.4 Å². The molecule has 2 aliphatic heterocycles. The van der Waals surface area contributed by atoms with Gasteiger partial charge in [-0.1, -0.05) is 48.0 Å². The van der Waals surface area contributed by atoms with Crippen molar-refractivity contribution in [2.24, 2.45) is 5.41 Å². The maximum absolute atomic E-state index is 13.2. The van der Waals surface area contributed by atoms with Gasteiger partial charge in [0.2, 0.25) is 0 Å². The summed E-state index contributed by atoms with van der Waals surface area (Å²) in [7, 11) is 0. The van der Waals surface area contributed by atoms with Crippen LogP contribution in [0.15, 0.2) is 51.3 Å². The first kappa shape index (κ1) is 15.6. The van der Waals surface area contributed by atoms with Crippen molar-refractivity contribution in [3.8, 4) is 0 Å². The molecule has 1 atom stereocenters. The molecule has 4 nitrogen and oxygen atoms in total. The molecule has 24 heavy (non-hydrogen) atoms. The van der Waals surface area contributed by atoms with E-state index in [2.05, 4.69) is 21.2 Å². The topological polar surface area (TPSA) is 55.4 Å². The number of ether oxygens (including phenoxy) is 1. The van der Waals surface area contributed by atoms with Gasteiger partial charge >= 0.3 is 5.97 Å². The number of allylic oxidation sites excluding steroid dienone is 2. The predicted octanol–water partition coefficient (Wildman–Crippen LogP) is 3.59. The lowest BCUT2D eigenvalue weighted by atomic mass is 9.67. The Hall–Kier alpha value is -1.88. The molecular formula is C19H18BrNO3. The first-order valence-corrected chi connectivity index (χ1v) is 8.89. The molecule has 0 saturated heterocycles. The van der Waals surface area contributed by atoms with E-state index in [-0.39, 0.29) is 24.3 Å². The number of nitrogens with one attached hydrogen (secondary N) is 1. The molecule has 1 aromatic carbocycles. The number of ketones is 1.